The van der Waals surface area contributed by atoms with E-state index in [9.17, 15) is 24.0 Å². The quantitative estimate of drug-likeness (QED) is 0.531. The van der Waals surface area contributed by atoms with Gasteiger partial charge in [-0.25, -0.2) is 9.07 Å². The fraction of sp³-hybridized carbons (Fsp3) is 0.269. The zero-order valence-electron chi connectivity index (χ0n) is 20.2. The predicted octanol–water partition coefficient (Wildman–Crippen LogP) is 3.04. The molecule has 0 unspecified atom stereocenters. The third-order valence-corrected chi connectivity index (χ3v) is 6.12. The van der Waals surface area contributed by atoms with Crippen molar-refractivity contribution in [3.63, 3.8) is 0 Å². The van der Waals surface area contributed by atoms with Crippen molar-refractivity contribution in [3.8, 4) is 17.3 Å². The number of carbonyl (C=O) groups is 2. The van der Waals surface area contributed by atoms with Crippen LogP contribution < -0.4 is 16.2 Å². The second-order valence-corrected chi connectivity index (χ2v) is 9.39. The molecule has 2 aromatic carbocycles. The molecule has 37 heavy (non-hydrogen) atoms. The molecule has 1 aliphatic heterocycles. The molecule has 1 fully saturated rings. The van der Waals surface area contributed by atoms with Gasteiger partial charge in [0.05, 0.1) is 22.3 Å². The van der Waals surface area contributed by atoms with E-state index in [-0.39, 0.29) is 45.5 Å². The van der Waals surface area contributed by atoms with Crippen LogP contribution in [0.4, 0.5) is 10.1 Å². The summed E-state index contributed by atoms with van der Waals surface area (Å²) < 4.78 is 14.8. The number of nitriles is 1. The standard InChI is InChI=1S/C26H24ClFN6O3/c1-15-12-33(13-16(2)30-15)26(37)19-7-17(11-29)8-20(9-19)31-24(35)14-34-25(36)6-5-23(32-34)18-3-4-21(27)22(28)10-18/h3-10,15-16,30H,12-14H2,1-2H3,(H,31,35)/t15-,16-/m1/s1. The number of amides is 2. The molecule has 2 amide bonds. The molecule has 1 aromatic heterocycles. The first-order chi connectivity index (χ1) is 17.6. The van der Waals surface area contributed by atoms with Gasteiger partial charge in [-0.05, 0) is 50.2 Å². The van der Waals surface area contributed by atoms with Crippen LogP contribution in [-0.2, 0) is 11.3 Å². The minimum Gasteiger partial charge on any atom is -0.336 e. The van der Waals surface area contributed by atoms with E-state index in [2.05, 4.69) is 15.7 Å². The van der Waals surface area contributed by atoms with Crippen molar-refractivity contribution in [2.24, 2.45) is 0 Å². The molecule has 1 saturated heterocycles. The molecular formula is C26H24ClFN6O3. The zero-order valence-corrected chi connectivity index (χ0v) is 20.9. The van der Waals surface area contributed by atoms with Crippen LogP contribution in [0.15, 0.2) is 53.3 Å². The van der Waals surface area contributed by atoms with Crippen LogP contribution in [0.3, 0.4) is 0 Å². The van der Waals surface area contributed by atoms with Gasteiger partial charge in [0.1, 0.15) is 12.4 Å². The number of aromatic nitrogens is 2. The number of hydrogen-bond donors (Lipinski definition) is 2. The largest absolute Gasteiger partial charge is 0.336 e. The van der Waals surface area contributed by atoms with Crippen molar-refractivity contribution < 1.29 is 14.0 Å². The SMILES string of the molecule is C[C@@H]1CN(C(=O)c2cc(C#N)cc(NC(=O)Cn3nc(-c4ccc(Cl)c(F)c4)ccc3=O)c2)C[C@@H](C)N1. The lowest BCUT2D eigenvalue weighted by Crippen LogP contribution is -2.55. The van der Waals surface area contributed by atoms with E-state index in [0.717, 1.165) is 4.68 Å². The van der Waals surface area contributed by atoms with Crippen molar-refractivity contribution in [1.29, 1.82) is 5.26 Å². The number of benzene rings is 2. The third kappa shape index (κ3) is 6.20. The Morgan fingerprint density at radius 2 is 1.89 bits per heavy atom. The molecule has 1 aliphatic rings. The van der Waals surface area contributed by atoms with Crippen LogP contribution in [0.5, 0.6) is 0 Å². The van der Waals surface area contributed by atoms with Crippen molar-refractivity contribution in [2.45, 2.75) is 32.5 Å². The summed E-state index contributed by atoms with van der Waals surface area (Å²) in [7, 11) is 0. The molecule has 9 nitrogen and oxygen atoms in total. The Morgan fingerprint density at radius 1 is 1.16 bits per heavy atom. The third-order valence-electron chi connectivity index (χ3n) is 5.81. The normalized spacial score (nSPS) is 17.2. The Hall–Kier alpha value is -4.07. The lowest BCUT2D eigenvalue weighted by atomic mass is 10.1. The molecule has 3 aromatic rings. The average Bonchev–Trinajstić information content (AvgIpc) is 2.85. The first-order valence-corrected chi connectivity index (χ1v) is 11.9. The van der Waals surface area contributed by atoms with Gasteiger partial charge in [-0.1, -0.05) is 17.7 Å². The highest BCUT2D eigenvalue weighted by molar-refractivity contribution is 6.30. The maximum absolute atomic E-state index is 13.9. The number of nitrogens with one attached hydrogen (secondary N) is 2. The van der Waals surface area contributed by atoms with Gasteiger partial charge in [0, 0.05) is 48.1 Å². The maximum Gasteiger partial charge on any atom is 0.267 e. The van der Waals surface area contributed by atoms with E-state index < -0.39 is 23.8 Å². The van der Waals surface area contributed by atoms with E-state index in [1.165, 1.54) is 42.5 Å². The Kier molecular flexibility index (Phi) is 7.66. The average molecular weight is 523 g/mol. The van der Waals surface area contributed by atoms with E-state index in [0.29, 0.717) is 18.7 Å². The molecule has 2 atom stereocenters. The molecule has 0 radical (unpaired) electrons. The molecule has 0 spiro atoms. The van der Waals surface area contributed by atoms with Gasteiger partial charge in [-0.2, -0.15) is 10.4 Å². The van der Waals surface area contributed by atoms with Gasteiger partial charge in [0.2, 0.25) is 5.91 Å². The van der Waals surface area contributed by atoms with Crippen LogP contribution in [0, 0.1) is 17.1 Å². The summed E-state index contributed by atoms with van der Waals surface area (Å²) in [5, 5.41) is 19.6. The van der Waals surface area contributed by atoms with Crippen LogP contribution in [0.25, 0.3) is 11.3 Å². The zero-order chi connectivity index (χ0) is 26.7. The topological polar surface area (TPSA) is 120 Å². The van der Waals surface area contributed by atoms with Crippen LogP contribution in [0.1, 0.15) is 29.8 Å². The Labute approximate surface area is 217 Å². The second kappa shape index (κ2) is 10.9. The summed E-state index contributed by atoms with van der Waals surface area (Å²) in [5.74, 6) is -1.47. The molecule has 2 heterocycles. The summed E-state index contributed by atoms with van der Waals surface area (Å²) in [6, 6.07) is 13.4. The monoisotopic (exact) mass is 522 g/mol. The van der Waals surface area contributed by atoms with Crippen molar-refractivity contribution >= 4 is 29.1 Å². The van der Waals surface area contributed by atoms with Gasteiger partial charge >= 0.3 is 0 Å². The summed E-state index contributed by atoms with van der Waals surface area (Å²) in [6.45, 7) is 4.58. The maximum atomic E-state index is 13.9. The van der Waals surface area contributed by atoms with Gasteiger partial charge < -0.3 is 15.5 Å². The highest BCUT2D eigenvalue weighted by atomic mass is 35.5. The summed E-state index contributed by atoms with van der Waals surface area (Å²) in [5.41, 5.74) is 0.862. The van der Waals surface area contributed by atoms with Gasteiger partial charge in [0.25, 0.3) is 11.5 Å². The smallest absolute Gasteiger partial charge is 0.267 e. The predicted molar refractivity (Wildman–Crippen MR) is 137 cm³/mol. The first kappa shape index (κ1) is 26.0. The van der Waals surface area contributed by atoms with Crippen molar-refractivity contribution in [1.82, 2.24) is 20.0 Å². The fourth-order valence-electron chi connectivity index (χ4n) is 4.27. The number of piperazine rings is 1. The number of nitrogens with zero attached hydrogens (tertiary/aromatic N) is 4. The minimum absolute atomic E-state index is 0.0464. The number of rotatable bonds is 5. The number of hydrogen-bond acceptors (Lipinski definition) is 6. The molecule has 190 valence electrons. The van der Waals surface area contributed by atoms with E-state index >= 15 is 0 Å². The summed E-state index contributed by atoms with van der Waals surface area (Å²) in [6.07, 6.45) is 0. The second-order valence-electron chi connectivity index (χ2n) is 8.98. The Morgan fingerprint density at radius 3 is 2.57 bits per heavy atom. The van der Waals surface area contributed by atoms with Crippen molar-refractivity contribution in [3.05, 3.63) is 80.9 Å². The van der Waals surface area contributed by atoms with E-state index in [1.807, 2.05) is 19.9 Å². The molecule has 4 rings (SSSR count). The molecule has 2 N–H and O–H groups in total. The molecule has 0 aliphatic carbocycles. The number of anilines is 1. The van der Waals surface area contributed by atoms with E-state index in [4.69, 9.17) is 11.6 Å². The van der Waals surface area contributed by atoms with Crippen LogP contribution >= 0.6 is 11.6 Å². The van der Waals surface area contributed by atoms with Gasteiger partial charge in [0.15, 0.2) is 0 Å². The lowest BCUT2D eigenvalue weighted by Gasteiger charge is -2.36. The van der Waals surface area contributed by atoms with Gasteiger partial charge in [-0.3, -0.25) is 14.4 Å². The Balaban J connectivity index is 1.53. The summed E-state index contributed by atoms with van der Waals surface area (Å²) >= 11 is 5.73. The number of halogens is 2. The molecule has 0 bridgehead atoms. The Bertz CT molecular complexity index is 1460. The highest BCUT2D eigenvalue weighted by Gasteiger charge is 2.26. The fourth-order valence-corrected chi connectivity index (χ4v) is 4.39. The van der Waals surface area contributed by atoms with Crippen LogP contribution in [0.2, 0.25) is 5.02 Å². The lowest BCUT2D eigenvalue weighted by molar-refractivity contribution is -0.117. The van der Waals surface area contributed by atoms with Gasteiger partial charge in [-0.15, -0.1) is 0 Å². The van der Waals surface area contributed by atoms with Crippen LogP contribution in [-0.4, -0.2) is 51.7 Å². The molecular weight excluding hydrogens is 499 g/mol. The van der Waals surface area contributed by atoms with Crippen molar-refractivity contribution in [2.75, 3.05) is 18.4 Å². The first-order valence-electron chi connectivity index (χ1n) is 11.6. The molecule has 11 heteroatoms. The summed E-state index contributed by atoms with van der Waals surface area (Å²) in [4.78, 5) is 39.9. The molecule has 0 saturated carbocycles. The van der Waals surface area contributed by atoms with E-state index in [1.54, 1.807) is 11.0 Å². The highest BCUT2D eigenvalue weighted by Crippen LogP contribution is 2.22. The number of carbonyl (C=O) groups excluding carboxylic acids is 2. The minimum atomic E-state index is -0.635.